The highest BCUT2D eigenvalue weighted by molar-refractivity contribution is 5.11. The Morgan fingerprint density at radius 2 is 2.20 bits per heavy atom. The van der Waals surface area contributed by atoms with E-state index in [0.29, 0.717) is 0 Å². The van der Waals surface area contributed by atoms with E-state index in [9.17, 15) is 0 Å². The van der Waals surface area contributed by atoms with Crippen LogP contribution in [0.2, 0.25) is 0 Å². The average molecular weight is 203 g/mol. The topological polar surface area (TPSA) is 42.1 Å². The molecule has 1 aliphatic heterocycles. The highest BCUT2D eigenvalue weighted by atomic mass is 15.3. The summed E-state index contributed by atoms with van der Waals surface area (Å²) in [4.78, 5) is 6.72. The van der Waals surface area contributed by atoms with E-state index in [2.05, 4.69) is 16.0 Å². The maximum absolute atomic E-state index is 6.29. The van der Waals surface area contributed by atoms with Crippen molar-refractivity contribution in [1.82, 2.24) is 9.88 Å². The lowest BCUT2D eigenvalue weighted by atomic mass is 9.85. The van der Waals surface area contributed by atoms with Gasteiger partial charge in [0.25, 0.3) is 0 Å². The number of rotatable bonds is 3. The number of hydrogen-bond donors (Lipinski definition) is 1. The third kappa shape index (κ3) is 1.77. The molecule has 2 fully saturated rings. The first-order valence-electron chi connectivity index (χ1n) is 5.67. The van der Waals surface area contributed by atoms with Crippen LogP contribution < -0.4 is 5.73 Å². The molecule has 0 bridgehead atoms. The Morgan fingerprint density at radius 1 is 1.40 bits per heavy atom. The van der Waals surface area contributed by atoms with Crippen molar-refractivity contribution in [3.05, 3.63) is 30.1 Å². The molecule has 0 aromatic carbocycles. The van der Waals surface area contributed by atoms with Crippen LogP contribution in [0.3, 0.4) is 0 Å². The monoisotopic (exact) mass is 203 g/mol. The largest absolute Gasteiger partial charge is 0.323 e. The van der Waals surface area contributed by atoms with E-state index in [1.165, 1.54) is 12.8 Å². The first-order chi connectivity index (χ1) is 7.26. The smallest absolute Gasteiger partial charge is 0.0543 e. The second kappa shape index (κ2) is 3.29. The third-order valence-corrected chi connectivity index (χ3v) is 3.54. The van der Waals surface area contributed by atoms with Crippen molar-refractivity contribution in [2.45, 2.75) is 24.9 Å². The second-order valence-corrected chi connectivity index (χ2v) is 4.97. The van der Waals surface area contributed by atoms with Crippen molar-refractivity contribution in [2.75, 3.05) is 13.1 Å². The minimum atomic E-state index is 0.134. The molecule has 0 amide bonds. The first kappa shape index (κ1) is 9.31. The molecule has 1 aliphatic carbocycles. The van der Waals surface area contributed by atoms with Crippen molar-refractivity contribution in [3.8, 4) is 0 Å². The zero-order chi connectivity index (χ0) is 10.3. The van der Waals surface area contributed by atoms with Gasteiger partial charge in [-0.3, -0.25) is 9.88 Å². The normalized spacial score (nSPS) is 24.9. The zero-order valence-electron chi connectivity index (χ0n) is 8.89. The molecular weight excluding hydrogens is 186 g/mol. The van der Waals surface area contributed by atoms with E-state index < -0.39 is 0 Å². The lowest BCUT2D eigenvalue weighted by Gasteiger charge is -2.48. The van der Waals surface area contributed by atoms with E-state index in [1.54, 1.807) is 0 Å². The second-order valence-electron chi connectivity index (χ2n) is 4.97. The molecule has 0 unspecified atom stereocenters. The van der Waals surface area contributed by atoms with Gasteiger partial charge in [-0.05, 0) is 30.9 Å². The van der Waals surface area contributed by atoms with E-state index in [4.69, 9.17) is 5.73 Å². The van der Waals surface area contributed by atoms with Crippen LogP contribution in [0, 0.1) is 5.92 Å². The molecular formula is C12H17N3. The molecule has 2 heterocycles. The summed E-state index contributed by atoms with van der Waals surface area (Å²) in [6.45, 7) is 3.05. The maximum atomic E-state index is 6.29. The SMILES string of the molecule is NC1(C2CC2)CN(Cc2ccccn2)C1. The summed E-state index contributed by atoms with van der Waals surface area (Å²) in [6.07, 6.45) is 4.54. The highest BCUT2D eigenvalue weighted by Gasteiger charge is 2.49. The number of pyridine rings is 1. The predicted octanol–water partition coefficient (Wildman–Crippen LogP) is 1.00. The summed E-state index contributed by atoms with van der Waals surface area (Å²) in [5.74, 6) is 0.803. The summed E-state index contributed by atoms with van der Waals surface area (Å²) in [6, 6.07) is 6.07. The quantitative estimate of drug-likeness (QED) is 0.797. The van der Waals surface area contributed by atoms with Crippen LogP contribution in [0.25, 0.3) is 0 Å². The van der Waals surface area contributed by atoms with Gasteiger partial charge in [-0.1, -0.05) is 6.07 Å². The lowest BCUT2D eigenvalue weighted by molar-refractivity contribution is 0.0467. The van der Waals surface area contributed by atoms with E-state index >= 15 is 0 Å². The third-order valence-electron chi connectivity index (χ3n) is 3.54. The van der Waals surface area contributed by atoms with Gasteiger partial charge in [0, 0.05) is 31.4 Å². The van der Waals surface area contributed by atoms with Crippen LogP contribution in [0.4, 0.5) is 0 Å². The van der Waals surface area contributed by atoms with Crippen molar-refractivity contribution in [2.24, 2.45) is 11.7 Å². The van der Waals surface area contributed by atoms with Gasteiger partial charge < -0.3 is 5.73 Å². The molecule has 1 aromatic heterocycles. The summed E-state index contributed by atoms with van der Waals surface area (Å²) in [5.41, 5.74) is 7.57. The lowest BCUT2D eigenvalue weighted by Crippen LogP contribution is -2.68. The molecule has 3 heteroatoms. The minimum Gasteiger partial charge on any atom is -0.323 e. The van der Waals surface area contributed by atoms with Crippen molar-refractivity contribution >= 4 is 0 Å². The highest BCUT2D eigenvalue weighted by Crippen LogP contribution is 2.43. The Balaban J connectivity index is 1.55. The Hall–Kier alpha value is -0.930. The molecule has 1 aromatic rings. The predicted molar refractivity (Wildman–Crippen MR) is 59.2 cm³/mol. The molecule has 1 saturated heterocycles. The molecule has 0 atom stereocenters. The van der Waals surface area contributed by atoms with Gasteiger partial charge in [0.15, 0.2) is 0 Å². The number of nitrogens with two attached hydrogens (primary N) is 1. The van der Waals surface area contributed by atoms with Crippen LogP contribution in [0.15, 0.2) is 24.4 Å². The summed E-state index contributed by atoms with van der Waals surface area (Å²) in [7, 11) is 0. The van der Waals surface area contributed by atoms with Crippen LogP contribution >= 0.6 is 0 Å². The van der Waals surface area contributed by atoms with Crippen molar-refractivity contribution in [3.63, 3.8) is 0 Å². The Bertz CT molecular complexity index is 339. The molecule has 0 radical (unpaired) electrons. The fraction of sp³-hybridized carbons (Fsp3) is 0.583. The van der Waals surface area contributed by atoms with E-state index in [1.807, 2.05) is 18.3 Å². The molecule has 2 aliphatic rings. The van der Waals surface area contributed by atoms with Gasteiger partial charge in [0.1, 0.15) is 0 Å². The number of nitrogens with zero attached hydrogens (tertiary/aromatic N) is 2. The van der Waals surface area contributed by atoms with Gasteiger partial charge in [0.05, 0.1) is 5.69 Å². The molecule has 3 rings (SSSR count). The van der Waals surface area contributed by atoms with Crippen LogP contribution in [-0.2, 0) is 6.54 Å². The van der Waals surface area contributed by atoms with Gasteiger partial charge in [-0.25, -0.2) is 0 Å². The van der Waals surface area contributed by atoms with E-state index in [-0.39, 0.29) is 5.54 Å². The molecule has 80 valence electrons. The molecule has 2 N–H and O–H groups in total. The average Bonchev–Trinajstić information content (AvgIpc) is 3.00. The van der Waals surface area contributed by atoms with Gasteiger partial charge >= 0.3 is 0 Å². The Morgan fingerprint density at radius 3 is 2.80 bits per heavy atom. The summed E-state index contributed by atoms with van der Waals surface area (Å²) >= 11 is 0. The standard InChI is InChI=1S/C12H17N3/c13-12(10-4-5-10)8-15(9-12)7-11-3-1-2-6-14-11/h1-3,6,10H,4-5,7-9,13H2. The fourth-order valence-corrected chi connectivity index (χ4v) is 2.54. The van der Waals surface area contributed by atoms with Crippen molar-refractivity contribution in [1.29, 1.82) is 0 Å². The minimum absolute atomic E-state index is 0.134. The molecule has 3 nitrogen and oxygen atoms in total. The molecule has 0 spiro atoms. The van der Waals surface area contributed by atoms with Crippen molar-refractivity contribution < 1.29 is 0 Å². The van der Waals surface area contributed by atoms with Crippen LogP contribution in [0.1, 0.15) is 18.5 Å². The molecule has 15 heavy (non-hydrogen) atoms. The molecule has 1 saturated carbocycles. The van der Waals surface area contributed by atoms with Crippen LogP contribution in [0.5, 0.6) is 0 Å². The van der Waals surface area contributed by atoms with Gasteiger partial charge in [-0.2, -0.15) is 0 Å². The Labute approximate surface area is 90.3 Å². The maximum Gasteiger partial charge on any atom is 0.0543 e. The van der Waals surface area contributed by atoms with Crippen LogP contribution in [-0.4, -0.2) is 28.5 Å². The fourth-order valence-electron chi connectivity index (χ4n) is 2.54. The number of likely N-dealkylation sites (tertiary alicyclic amines) is 1. The number of aromatic nitrogens is 1. The summed E-state index contributed by atoms with van der Waals surface area (Å²) in [5, 5.41) is 0. The summed E-state index contributed by atoms with van der Waals surface area (Å²) < 4.78 is 0. The Kier molecular flexibility index (Phi) is 2.04. The van der Waals surface area contributed by atoms with Gasteiger partial charge in [-0.15, -0.1) is 0 Å². The first-order valence-corrected chi connectivity index (χ1v) is 5.67. The number of hydrogen-bond acceptors (Lipinski definition) is 3. The van der Waals surface area contributed by atoms with E-state index in [0.717, 1.165) is 31.2 Å². The zero-order valence-corrected chi connectivity index (χ0v) is 8.89. The van der Waals surface area contributed by atoms with Gasteiger partial charge in [0.2, 0.25) is 0 Å².